The predicted molar refractivity (Wildman–Crippen MR) is 63.1 cm³/mol. The summed E-state index contributed by atoms with van der Waals surface area (Å²) in [6.07, 6.45) is 1.10. The molecule has 0 atom stereocenters. The minimum atomic E-state index is -0.466. The van der Waals surface area contributed by atoms with E-state index < -0.39 is 5.97 Å². The summed E-state index contributed by atoms with van der Waals surface area (Å²) in [5.74, 6) is -0.889. The Morgan fingerprint density at radius 2 is 2.00 bits per heavy atom. The predicted octanol–water partition coefficient (Wildman–Crippen LogP) is 2.51. The number of benzene rings is 1. The molecule has 0 heterocycles. The normalized spacial score (nSPS) is 11.1. The number of aliphatic hydroxyl groups excluding tert-OH is 1. The van der Waals surface area contributed by atoms with Crippen LogP contribution in [-0.4, -0.2) is 23.5 Å². The van der Waals surface area contributed by atoms with Crippen molar-refractivity contribution in [1.82, 2.24) is 0 Å². The Hall–Kier alpha value is -2.10. The first kappa shape index (κ1) is 13.0. The average Bonchev–Trinajstić information content (AvgIpc) is 2.28. The van der Waals surface area contributed by atoms with E-state index in [1.165, 1.54) is 13.0 Å². The molecule has 4 nitrogen and oxygen atoms in total. The molecule has 1 aromatic carbocycles. The van der Waals surface area contributed by atoms with Crippen molar-refractivity contribution >= 4 is 11.8 Å². The van der Waals surface area contributed by atoms with Crippen molar-refractivity contribution in [2.24, 2.45) is 0 Å². The number of carbonyl (C=O) groups is 2. The van der Waals surface area contributed by atoms with Crippen LogP contribution in [0.2, 0.25) is 0 Å². The summed E-state index contributed by atoms with van der Waals surface area (Å²) < 4.78 is 4.83. The number of ether oxygens (including phenoxy) is 1. The fraction of sp³-hybridized carbons (Fsp3) is 0.231. The largest absolute Gasteiger partial charge is 0.512 e. The Balaban J connectivity index is 2.97. The number of hydrogen-bond donors (Lipinski definition) is 1. The first-order valence-corrected chi connectivity index (χ1v) is 5.23. The lowest BCUT2D eigenvalue weighted by molar-refractivity contribution is 0.0526. The zero-order valence-corrected chi connectivity index (χ0v) is 9.77. The molecule has 0 saturated heterocycles. The lowest BCUT2D eigenvalue weighted by Gasteiger charge is -2.03. The molecule has 0 radical (unpaired) electrons. The molecule has 0 aromatic heterocycles. The van der Waals surface area contributed by atoms with Crippen LogP contribution in [0.1, 0.15) is 34.6 Å². The molecule has 0 bridgehead atoms. The van der Waals surface area contributed by atoms with E-state index in [-0.39, 0.29) is 18.1 Å². The van der Waals surface area contributed by atoms with Crippen LogP contribution >= 0.6 is 0 Å². The van der Waals surface area contributed by atoms with Gasteiger partial charge < -0.3 is 9.84 Å². The molecule has 90 valence electrons. The van der Waals surface area contributed by atoms with Crippen LogP contribution in [0.3, 0.4) is 0 Å². The number of rotatable bonds is 4. The molecule has 1 N–H and O–H groups in total. The first-order chi connectivity index (χ1) is 8.04. The summed E-state index contributed by atoms with van der Waals surface area (Å²) >= 11 is 0. The third-order valence-electron chi connectivity index (χ3n) is 2.00. The summed E-state index contributed by atoms with van der Waals surface area (Å²) in [4.78, 5) is 23.0. The SMILES string of the molecule is CCOC(=O)c1cccc(C(=O)/C=C(/C)O)c1. The molecule has 0 aliphatic carbocycles. The van der Waals surface area contributed by atoms with E-state index in [0.717, 1.165) is 6.08 Å². The van der Waals surface area contributed by atoms with Crippen LogP contribution in [-0.2, 0) is 4.74 Å². The van der Waals surface area contributed by atoms with Crippen LogP contribution in [0.5, 0.6) is 0 Å². The molecule has 0 spiro atoms. The maximum absolute atomic E-state index is 11.6. The maximum atomic E-state index is 11.6. The van der Waals surface area contributed by atoms with Gasteiger partial charge in [0.05, 0.1) is 17.9 Å². The van der Waals surface area contributed by atoms with Crippen molar-refractivity contribution in [3.63, 3.8) is 0 Å². The van der Waals surface area contributed by atoms with Gasteiger partial charge in [-0.1, -0.05) is 12.1 Å². The second-order valence-electron chi connectivity index (χ2n) is 3.45. The van der Waals surface area contributed by atoms with E-state index in [4.69, 9.17) is 9.84 Å². The Kier molecular flexibility index (Phi) is 4.46. The molecule has 0 saturated carbocycles. The maximum Gasteiger partial charge on any atom is 0.338 e. The van der Waals surface area contributed by atoms with Gasteiger partial charge in [-0.05, 0) is 26.0 Å². The van der Waals surface area contributed by atoms with Gasteiger partial charge in [-0.25, -0.2) is 4.79 Å². The Labute approximate surface area is 99.5 Å². The van der Waals surface area contributed by atoms with Gasteiger partial charge in [0.25, 0.3) is 0 Å². The smallest absolute Gasteiger partial charge is 0.338 e. The Bertz CT molecular complexity index is 456. The summed E-state index contributed by atoms with van der Waals surface area (Å²) in [6, 6.07) is 6.19. The van der Waals surface area contributed by atoms with Crippen LogP contribution in [0, 0.1) is 0 Å². The van der Waals surface area contributed by atoms with Gasteiger partial charge in [0.2, 0.25) is 0 Å². The highest BCUT2D eigenvalue weighted by Gasteiger charge is 2.09. The van der Waals surface area contributed by atoms with E-state index in [0.29, 0.717) is 11.1 Å². The molecule has 1 aromatic rings. The van der Waals surface area contributed by atoms with Crippen LogP contribution in [0.4, 0.5) is 0 Å². The fourth-order valence-electron chi connectivity index (χ4n) is 1.29. The number of carbonyl (C=O) groups excluding carboxylic acids is 2. The molecule has 0 aliphatic heterocycles. The molecular weight excluding hydrogens is 220 g/mol. The third-order valence-corrected chi connectivity index (χ3v) is 2.00. The number of aliphatic hydroxyl groups is 1. The number of hydrogen-bond acceptors (Lipinski definition) is 4. The topological polar surface area (TPSA) is 63.6 Å². The van der Waals surface area contributed by atoms with Crippen LogP contribution in [0.25, 0.3) is 0 Å². The van der Waals surface area contributed by atoms with Gasteiger partial charge in [-0.3, -0.25) is 4.79 Å². The van der Waals surface area contributed by atoms with E-state index in [2.05, 4.69) is 0 Å². The quantitative estimate of drug-likeness (QED) is 0.376. The highest BCUT2D eigenvalue weighted by Crippen LogP contribution is 2.09. The minimum Gasteiger partial charge on any atom is -0.512 e. The van der Waals surface area contributed by atoms with Crippen molar-refractivity contribution in [2.75, 3.05) is 6.61 Å². The van der Waals surface area contributed by atoms with Crippen molar-refractivity contribution in [1.29, 1.82) is 0 Å². The molecule has 0 amide bonds. The van der Waals surface area contributed by atoms with Gasteiger partial charge in [0, 0.05) is 11.6 Å². The van der Waals surface area contributed by atoms with Crippen LogP contribution in [0.15, 0.2) is 36.1 Å². The van der Waals surface area contributed by atoms with Gasteiger partial charge in [0.15, 0.2) is 5.78 Å². The zero-order valence-electron chi connectivity index (χ0n) is 9.77. The van der Waals surface area contributed by atoms with Crippen molar-refractivity contribution in [3.8, 4) is 0 Å². The van der Waals surface area contributed by atoms with Crippen molar-refractivity contribution < 1.29 is 19.4 Å². The lowest BCUT2D eigenvalue weighted by atomic mass is 10.1. The molecular formula is C13H14O4. The summed E-state index contributed by atoms with van der Waals surface area (Å²) in [5.41, 5.74) is 0.658. The second kappa shape index (κ2) is 5.84. The first-order valence-electron chi connectivity index (χ1n) is 5.23. The zero-order chi connectivity index (χ0) is 12.8. The van der Waals surface area contributed by atoms with Gasteiger partial charge >= 0.3 is 5.97 Å². The monoisotopic (exact) mass is 234 g/mol. The number of esters is 1. The Morgan fingerprint density at radius 1 is 1.35 bits per heavy atom. The summed E-state index contributed by atoms with van der Waals surface area (Å²) in [5, 5.41) is 9.00. The van der Waals surface area contributed by atoms with E-state index >= 15 is 0 Å². The average molecular weight is 234 g/mol. The van der Waals surface area contributed by atoms with Gasteiger partial charge in [0.1, 0.15) is 0 Å². The molecule has 17 heavy (non-hydrogen) atoms. The molecule has 4 heteroatoms. The fourth-order valence-corrected chi connectivity index (χ4v) is 1.29. The second-order valence-corrected chi connectivity index (χ2v) is 3.45. The van der Waals surface area contributed by atoms with Gasteiger partial charge in [-0.2, -0.15) is 0 Å². The van der Waals surface area contributed by atoms with Crippen molar-refractivity contribution in [2.45, 2.75) is 13.8 Å². The molecule has 0 fully saturated rings. The summed E-state index contributed by atoms with van der Waals surface area (Å²) in [6.45, 7) is 3.41. The third kappa shape index (κ3) is 3.75. The number of ketones is 1. The van der Waals surface area contributed by atoms with Gasteiger partial charge in [-0.15, -0.1) is 0 Å². The molecule has 0 aliphatic rings. The highest BCUT2D eigenvalue weighted by atomic mass is 16.5. The Morgan fingerprint density at radius 3 is 2.59 bits per heavy atom. The van der Waals surface area contributed by atoms with E-state index in [1.807, 2.05) is 0 Å². The van der Waals surface area contributed by atoms with Crippen LogP contribution < -0.4 is 0 Å². The highest BCUT2D eigenvalue weighted by molar-refractivity contribution is 6.06. The lowest BCUT2D eigenvalue weighted by Crippen LogP contribution is -2.06. The molecule has 0 unspecified atom stereocenters. The summed E-state index contributed by atoms with van der Waals surface area (Å²) in [7, 11) is 0. The minimum absolute atomic E-state index is 0.0727. The number of allylic oxidation sites excluding steroid dienone is 2. The van der Waals surface area contributed by atoms with Crippen molar-refractivity contribution in [3.05, 3.63) is 47.2 Å². The van der Waals surface area contributed by atoms with E-state index in [9.17, 15) is 9.59 Å². The van der Waals surface area contributed by atoms with E-state index in [1.54, 1.807) is 25.1 Å². The molecule has 1 rings (SSSR count). The standard InChI is InChI=1S/C13H14O4/c1-3-17-13(16)11-6-4-5-10(8-11)12(15)7-9(2)14/h4-8,14H,3H2,1-2H3/b9-7-.